The fraction of sp³-hybridized carbons (Fsp3) is 0.360. The van der Waals surface area contributed by atoms with Crippen LogP contribution in [0.3, 0.4) is 0 Å². The number of nitrogens with zero attached hydrogens (tertiary/aromatic N) is 1. The lowest BCUT2D eigenvalue weighted by Crippen LogP contribution is -2.39. The third-order valence-electron chi connectivity index (χ3n) is 5.93. The van der Waals surface area contributed by atoms with Gasteiger partial charge in [0.25, 0.3) is 0 Å². The maximum atomic E-state index is 12.2. The molecule has 1 amide bonds. The Morgan fingerprint density at radius 3 is 2.79 bits per heavy atom. The number of hydrogen-bond donors (Lipinski definition) is 3. The summed E-state index contributed by atoms with van der Waals surface area (Å²) in [5.41, 5.74) is 5.10. The topological polar surface area (TPSA) is 94.7 Å². The maximum Gasteiger partial charge on any atom is 0.221 e. The van der Waals surface area contributed by atoms with E-state index in [1.807, 2.05) is 30.0 Å². The van der Waals surface area contributed by atoms with Crippen LogP contribution in [0.4, 0.5) is 5.69 Å². The second kappa shape index (κ2) is 9.55. The van der Waals surface area contributed by atoms with Gasteiger partial charge in [-0.15, -0.1) is 0 Å². The number of anilines is 1. The van der Waals surface area contributed by atoms with Gasteiger partial charge in [0.15, 0.2) is 11.5 Å². The molecule has 7 nitrogen and oxygen atoms in total. The first-order chi connectivity index (χ1) is 15.7. The molecule has 1 aliphatic heterocycles. The Kier molecular flexibility index (Phi) is 6.74. The number of ether oxygens (including phenoxy) is 1. The molecule has 0 radical (unpaired) electrons. The van der Waals surface area contributed by atoms with Crippen molar-refractivity contribution in [3.63, 3.8) is 0 Å². The van der Waals surface area contributed by atoms with E-state index < -0.39 is 6.23 Å². The van der Waals surface area contributed by atoms with Gasteiger partial charge in [-0.3, -0.25) is 14.5 Å². The molecule has 0 saturated carbocycles. The van der Waals surface area contributed by atoms with Crippen molar-refractivity contribution in [2.75, 3.05) is 18.5 Å². The highest BCUT2D eigenvalue weighted by atomic mass is 35.5. The number of benzene rings is 2. The molecule has 1 aromatic heterocycles. The summed E-state index contributed by atoms with van der Waals surface area (Å²) in [6.07, 6.45) is 0.444. The Bertz CT molecular complexity index is 1220. The van der Waals surface area contributed by atoms with Crippen LogP contribution in [-0.4, -0.2) is 46.1 Å². The first-order valence-electron chi connectivity index (χ1n) is 11.0. The van der Waals surface area contributed by atoms with E-state index in [2.05, 4.69) is 10.3 Å². The minimum Gasteiger partial charge on any atom is -0.490 e. The Labute approximate surface area is 197 Å². The highest BCUT2D eigenvalue weighted by Gasteiger charge is 2.25. The van der Waals surface area contributed by atoms with Crippen molar-refractivity contribution in [3.05, 3.63) is 57.7 Å². The van der Waals surface area contributed by atoms with E-state index >= 15 is 0 Å². The van der Waals surface area contributed by atoms with Crippen molar-refractivity contribution in [1.82, 2.24) is 9.88 Å². The number of rotatable bonds is 7. The summed E-state index contributed by atoms with van der Waals surface area (Å²) in [6.45, 7) is 6.25. The number of Topliss-reactive ketones (excluding diaryl/α,β-unsaturated/α-hetero) is 1. The first-order valence-corrected chi connectivity index (χ1v) is 11.4. The molecule has 1 aliphatic rings. The zero-order valence-corrected chi connectivity index (χ0v) is 19.8. The predicted octanol–water partition coefficient (Wildman–Crippen LogP) is 4.44. The first kappa shape index (κ1) is 23.3. The van der Waals surface area contributed by atoms with Crippen LogP contribution in [0.1, 0.15) is 47.4 Å². The number of aryl methyl sites for hydroxylation is 1. The average Bonchev–Trinajstić information content (AvgIpc) is 3.11. The van der Waals surface area contributed by atoms with E-state index in [1.54, 1.807) is 12.1 Å². The van der Waals surface area contributed by atoms with Crippen LogP contribution in [0.2, 0.25) is 5.02 Å². The SMILES string of the molecule is CC(=O)Nc1cc(C)cc(C(C)=O)c1OCCC(O)N1CCc2[nH]c3ccc(Cl)cc3c2C1. The van der Waals surface area contributed by atoms with E-state index in [0.717, 1.165) is 35.0 Å². The number of fused-ring (bicyclic) bond motifs is 3. The predicted molar refractivity (Wildman–Crippen MR) is 129 cm³/mol. The van der Waals surface area contributed by atoms with E-state index in [9.17, 15) is 14.7 Å². The molecule has 2 heterocycles. The standard InChI is InChI=1S/C25H28ClN3O4/c1-14-10-18(15(2)30)25(23(11-14)27-16(3)31)33-9-7-24(32)29-8-6-22-20(13-29)19-12-17(26)4-5-21(19)28-22/h4-5,10-12,24,28,32H,6-9,13H2,1-3H3,(H,27,31). The van der Waals surface area contributed by atoms with Crippen molar-refractivity contribution >= 4 is 39.9 Å². The van der Waals surface area contributed by atoms with Crippen molar-refractivity contribution < 1.29 is 19.4 Å². The second-order valence-electron chi connectivity index (χ2n) is 8.54. The Morgan fingerprint density at radius 2 is 2.06 bits per heavy atom. The number of halogens is 1. The molecule has 0 spiro atoms. The molecule has 0 aliphatic carbocycles. The van der Waals surface area contributed by atoms with Gasteiger partial charge in [0.1, 0.15) is 6.23 Å². The normalized spacial score (nSPS) is 14.7. The number of amides is 1. The van der Waals surface area contributed by atoms with Crippen molar-refractivity contribution in [2.24, 2.45) is 0 Å². The van der Waals surface area contributed by atoms with Gasteiger partial charge in [0.2, 0.25) is 5.91 Å². The molecule has 174 valence electrons. The van der Waals surface area contributed by atoms with Gasteiger partial charge in [-0.25, -0.2) is 0 Å². The zero-order chi connectivity index (χ0) is 23.7. The molecule has 4 rings (SSSR count). The van der Waals surface area contributed by atoms with Crippen molar-refractivity contribution in [2.45, 2.75) is 46.4 Å². The summed E-state index contributed by atoms with van der Waals surface area (Å²) in [6, 6.07) is 9.31. The quantitative estimate of drug-likeness (QED) is 0.445. The number of carbonyl (C=O) groups excluding carboxylic acids is 2. The third-order valence-corrected chi connectivity index (χ3v) is 6.17. The van der Waals surface area contributed by atoms with E-state index in [1.165, 1.54) is 19.5 Å². The van der Waals surface area contributed by atoms with Crippen LogP contribution in [0.15, 0.2) is 30.3 Å². The Balaban J connectivity index is 1.46. The lowest BCUT2D eigenvalue weighted by atomic mass is 10.0. The summed E-state index contributed by atoms with van der Waals surface area (Å²) in [5.74, 6) is -0.0620. The molecule has 1 unspecified atom stereocenters. The number of ketones is 1. The van der Waals surface area contributed by atoms with Crippen molar-refractivity contribution in [1.29, 1.82) is 0 Å². The van der Waals surface area contributed by atoms with Crippen LogP contribution in [0.25, 0.3) is 10.9 Å². The summed E-state index contributed by atoms with van der Waals surface area (Å²) >= 11 is 6.19. The second-order valence-corrected chi connectivity index (χ2v) is 8.97. The van der Waals surface area contributed by atoms with Gasteiger partial charge in [-0.2, -0.15) is 0 Å². The number of aliphatic hydroxyl groups excluding tert-OH is 1. The molecule has 33 heavy (non-hydrogen) atoms. The molecule has 3 aromatic rings. The molecular weight excluding hydrogens is 442 g/mol. The maximum absolute atomic E-state index is 12.2. The highest BCUT2D eigenvalue weighted by molar-refractivity contribution is 6.31. The van der Waals surface area contributed by atoms with Crippen LogP contribution < -0.4 is 10.1 Å². The van der Waals surface area contributed by atoms with E-state index in [0.29, 0.717) is 35.0 Å². The van der Waals surface area contributed by atoms with Gasteiger partial charge in [-0.1, -0.05) is 11.6 Å². The fourth-order valence-corrected chi connectivity index (χ4v) is 4.56. The molecule has 0 saturated heterocycles. The summed E-state index contributed by atoms with van der Waals surface area (Å²) < 4.78 is 5.94. The Morgan fingerprint density at radius 1 is 1.27 bits per heavy atom. The van der Waals surface area contributed by atoms with E-state index in [-0.39, 0.29) is 18.3 Å². The molecule has 3 N–H and O–H groups in total. The molecule has 8 heteroatoms. The van der Waals surface area contributed by atoms with Crippen LogP contribution in [-0.2, 0) is 17.8 Å². The molecule has 1 atom stereocenters. The lowest BCUT2D eigenvalue weighted by molar-refractivity contribution is -0.114. The van der Waals surface area contributed by atoms with Gasteiger partial charge in [0, 0.05) is 54.5 Å². The van der Waals surface area contributed by atoms with Crippen LogP contribution in [0, 0.1) is 6.92 Å². The molecule has 0 fully saturated rings. The van der Waals surface area contributed by atoms with Crippen LogP contribution >= 0.6 is 11.6 Å². The minimum atomic E-state index is -0.710. The van der Waals surface area contributed by atoms with Gasteiger partial charge in [0.05, 0.1) is 17.9 Å². The summed E-state index contributed by atoms with van der Waals surface area (Å²) in [7, 11) is 0. The molecular formula is C25H28ClN3O4. The fourth-order valence-electron chi connectivity index (χ4n) is 4.38. The number of carbonyl (C=O) groups is 2. The molecule has 0 bridgehead atoms. The molecule has 2 aromatic carbocycles. The van der Waals surface area contributed by atoms with Gasteiger partial charge in [-0.05, 0) is 55.3 Å². The summed E-state index contributed by atoms with van der Waals surface area (Å²) in [4.78, 5) is 29.3. The smallest absolute Gasteiger partial charge is 0.221 e. The van der Waals surface area contributed by atoms with Gasteiger partial charge >= 0.3 is 0 Å². The largest absolute Gasteiger partial charge is 0.490 e. The number of H-pyrrole nitrogens is 1. The number of nitrogens with one attached hydrogen (secondary N) is 2. The number of aromatic amines is 1. The third kappa shape index (κ3) is 5.05. The Hall–Kier alpha value is -2.87. The number of aromatic nitrogens is 1. The van der Waals surface area contributed by atoms with Gasteiger partial charge < -0.3 is 20.1 Å². The summed E-state index contributed by atoms with van der Waals surface area (Å²) in [5, 5.41) is 15.4. The van der Waals surface area contributed by atoms with Crippen LogP contribution in [0.5, 0.6) is 5.75 Å². The zero-order valence-electron chi connectivity index (χ0n) is 19.0. The highest BCUT2D eigenvalue weighted by Crippen LogP contribution is 2.33. The monoisotopic (exact) mass is 469 g/mol. The minimum absolute atomic E-state index is 0.151. The van der Waals surface area contributed by atoms with E-state index in [4.69, 9.17) is 16.3 Å². The lowest BCUT2D eigenvalue weighted by Gasteiger charge is -2.31. The van der Waals surface area contributed by atoms with Crippen molar-refractivity contribution in [3.8, 4) is 5.75 Å². The number of hydrogen-bond acceptors (Lipinski definition) is 5. The average molecular weight is 470 g/mol. The number of aliphatic hydroxyl groups is 1.